The van der Waals surface area contributed by atoms with Crippen LogP contribution in [0.15, 0.2) is 0 Å². The molecule has 2 aliphatic heterocycles. The molecule has 0 aromatic carbocycles. The van der Waals surface area contributed by atoms with E-state index in [2.05, 4.69) is 10.6 Å². The zero-order chi connectivity index (χ0) is 13.8. The summed E-state index contributed by atoms with van der Waals surface area (Å²) in [6.07, 6.45) is 9.30. The molecule has 1 aliphatic carbocycles. The van der Waals surface area contributed by atoms with Crippen LogP contribution in [0.3, 0.4) is 0 Å². The predicted octanol–water partition coefficient (Wildman–Crippen LogP) is 2.26. The topological polar surface area (TPSA) is 50.4 Å². The summed E-state index contributed by atoms with van der Waals surface area (Å²) in [7, 11) is 0. The van der Waals surface area contributed by atoms with Crippen molar-refractivity contribution in [2.45, 2.75) is 63.5 Å². The van der Waals surface area contributed by atoms with Gasteiger partial charge in [-0.15, -0.1) is 12.4 Å². The Bertz CT molecular complexity index is 334. The molecule has 1 saturated carbocycles. The molecule has 1 amide bonds. The fourth-order valence-electron chi connectivity index (χ4n) is 4.14. The Labute approximate surface area is 134 Å². The largest absolute Gasteiger partial charge is 0.378 e. The van der Waals surface area contributed by atoms with Crippen molar-refractivity contribution in [3.8, 4) is 0 Å². The van der Waals surface area contributed by atoms with Crippen LogP contribution in [-0.4, -0.2) is 37.7 Å². The normalized spacial score (nSPS) is 33.0. The van der Waals surface area contributed by atoms with Crippen molar-refractivity contribution < 1.29 is 9.53 Å². The summed E-state index contributed by atoms with van der Waals surface area (Å²) in [4.78, 5) is 12.2. The van der Waals surface area contributed by atoms with Gasteiger partial charge in [-0.1, -0.05) is 0 Å². The van der Waals surface area contributed by atoms with Gasteiger partial charge in [0.2, 0.25) is 5.91 Å². The molecule has 2 saturated heterocycles. The lowest BCUT2D eigenvalue weighted by Crippen LogP contribution is -2.45. The summed E-state index contributed by atoms with van der Waals surface area (Å²) in [5.41, 5.74) is 0. The Morgan fingerprint density at radius 3 is 2.76 bits per heavy atom. The molecule has 0 aromatic heterocycles. The summed E-state index contributed by atoms with van der Waals surface area (Å²) in [5, 5.41) is 6.67. The van der Waals surface area contributed by atoms with E-state index >= 15 is 0 Å². The predicted molar refractivity (Wildman–Crippen MR) is 85.7 cm³/mol. The van der Waals surface area contributed by atoms with Crippen LogP contribution in [0, 0.1) is 11.8 Å². The highest BCUT2D eigenvalue weighted by atomic mass is 35.5. The molecule has 0 bridgehead atoms. The average molecular weight is 317 g/mol. The van der Waals surface area contributed by atoms with E-state index in [1.54, 1.807) is 0 Å². The van der Waals surface area contributed by atoms with Crippen LogP contribution >= 0.6 is 12.4 Å². The third kappa shape index (κ3) is 4.57. The Balaban J connectivity index is 0.00000161. The number of piperidine rings is 1. The highest BCUT2D eigenvalue weighted by Crippen LogP contribution is 2.34. The van der Waals surface area contributed by atoms with Crippen molar-refractivity contribution in [3.05, 3.63) is 0 Å². The van der Waals surface area contributed by atoms with Gasteiger partial charge >= 0.3 is 0 Å². The lowest BCUT2D eigenvalue weighted by molar-refractivity contribution is -0.123. The lowest BCUT2D eigenvalue weighted by Gasteiger charge is -2.33. The third-order valence-electron chi connectivity index (χ3n) is 5.37. The van der Waals surface area contributed by atoms with Crippen LogP contribution in [0.5, 0.6) is 0 Å². The van der Waals surface area contributed by atoms with Gasteiger partial charge in [-0.3, -0.25) is 4.79 Å². The number of ether oxygens (including phenoxy) is 1. The summed E-state index contributed by atoms with van der Waals surface area (Å²) in [6, 6.07) is 0.372. The minimum absolute atomic E-state index is 0. The smallest absolute Gasteiger partial charge is 0.220 e. The van der Waals surface area contributed by atoms with Crippen LogP contribution in [0.4, 0.5) is 0 Å². The first kappa shape index (κ1) is 17.0. The second kappa shape index (κ2) is 8.35. The number of hydrogen-bond acceptors (Lipinski definition) is 3. The van der Waals surface area contributed by atoms with E-state index in [9.17, 15) is 4.79 Å². The molecule has 3 atom stereocenters. The van der Waals surface area contributed by atoms with Crippen molar-refractivity contribution in [2.75, 3.05) is 19.7 Å². The molecule has 3 rings (SSSR count). The third-order valence-corrected chi connectivity index (χ3v) is 5.37. The summed E-state index contributed by atoms with van der Waals surface area (Å²) >= 11 is 0. The Kier molecular flexibility index (Phi) is 6.77. The lowest BCUT2D eigenvalue weighted by atomic mass is 9.81. The van der Waals surface area contributed by atoms with Gasteiger partial charge in [0, 0.05) is 25.0 Å². The van der Waals surface area contributed by atoms with Gasteiger partial charge in [-0.2, -0.15) is 0 Å². The van der Waals surface area contributed by atoms with Crippen LogP contribution in [0.25, 0.3) is 0 Å². The van der Waals surface area contributed by atoms with E-state index in [-0.39, 0.29) is 18.3 Å². The summed E-state index contributed by atoms with van der Waals surface area (Å²) in [5.74, 6) is 1.59. The number of rotatable bonds is 4. The summed E-state index contributed by atoms with van der Waals surface area (Å²) < 4.78 is 5.77. The minimum Gasteiger partial charge on any atom is -0.378 e. The van der Waals surface area contributed by atoms with E-state index in [0.717, 1.165) is 44.9 Å². The SMILES string of the molecule is Cl.O=C(CCC1CCNCC1)NC1CCCC2OCCC12. The van der Waals surface area contributed by atoms with Crippen molar-refractivity contribution >= 4 is 18.3 Å². The second-order valence-corrected chi connectivity index (χ2v) is 6.70. The average Bonchev–Trinajstić information content (AvgIpc) is 2.96. The van der Waals surface area contributed by atoms with Crippen molar-refractivity contribution in [2.24, 2.45) is 11.8 Å². The molecule has 2 heterocycles. The Morgan fingerprint density at radius 1 is 1.14 bits per heavy atom. The first-order chi connectivity index (χ1) is 9.83. The Morgan fingerprint density at radius 2 is 1.95 bits per heavy atom. The van der Waals surface area contributed by atoms with Gasteiger partial charge in [0.05, 0.1) is 6.10 Å². The number of carbonyl (C=O) groups is 1. The van der Waals surface area contributed by atoms with Crippen molar-refractivity contribution in [1.29, 1.82) is 0 Å². The highest BCUT2D eigenvalue weighted by molar-refractivity contribution is 5.85. The van der Waals surface area contributed by atoms with E-state index < -0.39 is 0 Å². The van der Waals surface area contributed by atoms with Crippen LogP contribution < -0.4 is 10.6 Å². The maximum absolute atomic E-state index is 12.2. The molecular weight excluding hydrogens is 288 g/mol. The molecule has 21 heavy (non-hydrogen) atoms. The molecule has 2 N–H and O–H groups in total. The molecule has 3 aliphatic rings. The van der Waals surface area contributed by atoms with Crippen molar-refractivity contribution in [3.63, 3.8) is 0 Å². The van der Waals surface area contributed by atoms with Crippen molar-refractivity contribution in [1.82, 2.24) is 10.6 Å². The molecule has 4 nitrogen and oxygen atoms in total. The van der Waals surface area contributed by atoms with Gasteiger partial charge in [0.15, 0.2) is 0 Å². The number of carbonyl (C=O) groups excluding carboxylic acids is 1. The zero-order valence-electron chi connectivity index (χ0n) is 12.8. The monoisotopic (exact) mass is 316 g/mol. The maximum Gasteiger partial charge on any atom is 0.220 e. The molecule has 3 unspecified atom stereocenters. The standard InChI is InChI=1S/C16H28N2O2.ClH/c19-16(5-4-12-6-9-17-10-7-12)18-14-2-1-3-15-13(14)8-11-20-15;/h12-15,17H,1-11H2,(H,18,19);1H. The fourth-order valence-corrected chi connectivity index (χ4v) is 4.14. The maximum atomic E-state index is 12.2. The van der Waals surface area contributed by atoms with Crippen LogP contribution in [-0.2, 0) is 9.53 Å². The van der Waals surface area contributed by atoms with Gasteiger partial charge in [-0.25, -0.2) is 0 Å². The fraction of sp³-hybridized carbons (Fsp3) is 0.938. The highest BCUT2D eigenvalue weighted by Gasteiger charge is 2.38. The molecule has 0 spiro atoms. The summed E-state index contributed by atoms with van der Waals surface area (Å²) in [6.45, 7) is 3.13. The molecule has 3 fully saturated rings. The van der Waals surface area contributed by atoms with Crippen LogP contribution in [0.2, 0.25) is 0 Å². The van der Waals surface area contributed by atoms with E-state index in [4.69, 9.17) is 4.74 Å². The van der Waals surface area contributed by atoms with E-state index in [1.807, 2.05) is 0 Å². The van der Waals surface area contributed by atoms with E-state index in [0.29, 0.717) is 24.5 Å². The quantitative estimate of drug-likeness (QED) is 0.836. The minimum atomic E-state index is 0. The second-order valence-electron chi connectivity index (χ2n) is 6.70. The van der Waals surface area contributed by atoms with Gasteiger partial charge in [-0.05, 0) is 64.0 Å². The van der Waals surface area contributed by atoms with Crippen LogP contribution in [0.1, 0.15) is 51.4 Å². The van der Waals surface area contributed by atoms with Gasteiger partial charge in [0.25, 0.3) is 0 Å². The van der Waals surface area contributed by atoms with Gasteiger partial charge < -0.3 is 15.4 Å². The van der Waals surface area contributed by atoms with E-state index in [1.165, 1.54) is 25.7 Å². The number of hydrogen-bond donors (Lipinski definition) is 2. The molecule has 0 radical (unpaired) electrons. The molecular formula is C16H29ClN2O2. The number of amides is 1. The Hall–Kier alpha value is -0.320. The molecule has 0 aromatic rings. The number of halogens is 1. The first-order valence-corrected chi connectivity index (χ1v) is 8.44. The van der Waals surface area contributed by atoms with Gasteiger partial charge in [0.1, 0.15) is 0 Å². The molecule has 5 heteroatoms. The zero-order valence-corrected chi connectivity index (χ0v) is 13.6. The first-order valence-electron chi connectivity index (χ1n) is 8.44. The molecule has 122 valence electrons. The number of nitrogens with one attached hydrogen (secondary N) is 2. The number of fused-ring (bicyclic) bond motifs is 1.